The van der Waals surface area contributed by atoms with Crippen LogP contribution in [0.2, 0.25) is 5.02 Å². The van der Waals surface area contributed by atoms with E-state index in [-0.39, 0.29) is 17.4 Å². The van der Waals surface area contributed by atoms with Crippen molar-refractivity contribution in [2.75, 3.05) is 11.1 Å². The molecule has 1 aromatic carbocycles. The summed E-state index contributed by atoms with van der Waals surface area (Å²) in [6.45, 7) is 2.84. The average molecular weight is 546 g/mol. The van der Waals surface area contributed by atoms with Gasteiger partial charge in [0.15, 0.2) is 16.0 Å². The van der Waals surface area contributed by atoms with Crippen LogP contribution >= 0.6 is 34.7 Å². The number of carbonyl (C=O) groups excluding carboxylic acids is 2. The zero-order chi connectivity index (χ0) is 25.3. The van der Waals surface area contributed by atoms with Crippen LogP contribution in [0, 0.1) is 0 Å². The first-order valence-electron chi connectivity index (χ1n) is 11.2. The van der Waals surface area contributed by atoms with E-state index >= 15 is 0 Å². The lowest BCUT2D eigenvalue weighted by molar-refractivity contribution is -0.119. The molecule has 0 aliphatic rings. The van der Waals surface area contributed by atoms with E-state index in [2.05, 4.69) is 38.3 Å². The number of hydrogen-bond donors (Lipinski definition) is 3. The van der Waals surface area contributed by atoms with Gasteiger partial charge in [0, 0.05) is 22.6 Å². The number of unbranched alkanes of at least 4 members (excludes halogenated alkanes) is 1. The lowest BCUT2D eigenvalue weighted by Crippen LogP contribution is -2.42. The Hall–Kier alpha value is -3.35. The molecule has 0 atom stereocenters. The molecule has 0 saturated heterocycles. The zero-order valence-electron chi connectivity index (χ0n) is 19.4. The Morgan fingerprint density at radius 1 is 1.19 bits per heavy atom. The van der Waals surface area contributed by atoms with Crippen molar-refractivity contribution < 1.29 is 14.0 Å². The summed E-state index contributed by atoms with van der Waals surface area (Å²) in [5, 5.41) is 15.9. The number of thioether (sulfide) groups is 1. The SMILES string of the molecule is CCCCn1c(Cc2csc(Nc3cccc(Cl)c3)n2)nnc1SCC(=O)NNC(=O)c1ccco1. The molecular formula is C23H24ClN7O3S2. The van der Waals surface area contributed by atoms with Crippen molar-refractivity contribution in [3.05, 3.63) is 70.3 Å². The van der Waals surface area contributed by atoms with Crippen LogP contribution in [0.4, 0.5) is 10.8 Å². The number of thiazole rings is 1. The van der Waals surface area contributed by atoms with Gasteiger partial charge in [0.05, 0.1) is 24.1 Å². The summed E-state index contributed by atoms with van der Waals surface area (Å²) < 4.78 is 7.01. The molecule has 4 rings (SSSR count). The molecule has 0 aliphatic heterocycles. The monoisotopic (exact) mass is 545 g/mol. The summed E-state index contributed by atoms with van der Waals surface area (Å²) in [5.41, 5.74) is 6.43. The van der Waals surface area contributed by atoms with Gasteiger partial charge in [-0.05, 0) is 36.8 Å². The largest absolute Gasteiger partial charge is 0.459 e. The third kappa shape index (κ3) is 7.09. The van der Waals surface area contributed by atoms with Crippen molar-refractivity contribution in [2.24, 2.45) is 0 Å². The second-order valence-corrected chi connectivity index (χ2v) is 9.87. The molecule has 3 aromatic heterocycles. The van der Waals surface area contributed by atoms with Crippen LogP contribution in [-0.2, 0) is 17.8 Å². The highest BCUT2D eigenvalue weighted by molar-refractivity contribution is 7.99. The number of carbonyl (C=O) groups is 2. The molecule has 0 aliphatic carbocycles. The Morgan fingerprint density at radius 2 is 2.08 bits per heavy atom. The predicted octanol–water partition coefficient (Wildman–Crippen LogP) is 4.67. The van der Waals surface area contributed by atoms with E-state index in [0.29, 0.717) is 16.6 Å². The molecule has 3 N–H and O–H groups in total. The van der Waals surface area contributed by atoms with Gasteiger partial charge in [-0.25, -0.2) is 4.98 Å². The lowest BCUT2D eigenvalue weighted by atomic mass is 10.3. The van der Waals surface area contributed by atoms with Gasteiger partial charge in [0.25, 0.3) is 0 Å². The number of hydrazine groups is 1. The highest BCUT2D eigenvalue weighted by atomic mass is 35.5. The van der Waals surface area contributed by atoms with E-state index in [1.807, 2.05) is 34.2 Å². The summed E-state index contributed by atoms with van der Waals surface area (Å²) in [7, 11) is 0. The van der Waals surface area contributed by atoms with Crippen molar-refractivity contribution in [1.29, 1.82) is 0 Å². The molecule has 0 radical (unpaired) electrons. The Balaban J connectivity index is 1.35. The molecule has 0 spiro atoms. The summed E-state index contributed by atoms with van der Waals surface area (Å²) in [4.78, 5) is 28.8. The Kier molecular flexibility index (Phi) is 8.98. The number of halogens is 1. The van der Waals surface area contributed by atoms with Crippen molar-refractivity contribution in [3.63, 3.8) is 0 Å². The second-order valence-electron chi connectivity index (χ2n) is 7.63. The molecule has 0 unspecified atom stereocenters. The van der Waals surface area contributed by atoms with Gasteiger partial charge < -0.3 is 14.3 Å². The van der Waals surface area contributed by atoms with E-state index in [0.717, 1.165) is 41.7 Å². The second kappa shape index (κ2) is 12.6. The smallest absolute Gasteiger partial charge is 0.305 e. The molecule has 2 amide bonds. The number of nitrogens with zero attached hydrogens (tertiary/aromatic N) is 4. The maximum Gasteiger partial charge on any atom is 0.305 e. The predicted molar refractivity (Wildman–Crippen MR) is 140 cm³/mol. The normalized spacial score (nSPS) is 10.8. The van der Waals surface area contributed by atoms with Gasteiger partial charge in [0.1, 0.15) is 5.82 Å². The van der Waals surface area contributed by atoms with E-state index in [1.54, 1.807) is 6.07 Å². The number of hydrogen-bond acceptors (Lipinski definition) is 9. The Labute approximate surface area is 220 Å². The van der Waals surface area contributed by atoms with Gasteiger partial charge in [-0.15, -0.1) is 21.5 Å². The third-order valence-electron chi connectivity index (χ3n) is 4.89. The van der Waals surface area contributed by atoms with Crippen LogP contribution in [0.3, 0.4) is 0 Å². The lowest BCUT2D eigenvalue weighted by Gasteiger charge is -2.09. The number of benzene rings is 1. The maximum absolute atomic E-state index is 12.2. The topological polar surface area (TPSA) is 127 Å². The van der Waals surface area contributed by atoms with Crippen LogP contribution in [-0.4, -0.2) is 37.3 Å². The van der Waals surface area contributed by atoms with Crippen molar-refractivity contribution >= 4 is 57.3 Å². The van der Waals surface area contributed by atoms with Crippen LogP contribution in [0.1, 0.15) is 41.8 Å². The average Bonchev–Trinajstić information content (AvgIpc) is 3.62. The molecule has 0 fully saturated rings. The molecule has 36 heavy (non-hydrogen) atoms. The highest BCUT2D eigenvalue weighted by Gasteiger charge is 2.16. The fourth-order valence-electron chi connectivity index (χ4n) is 3.16. The fraction of sp³-hybridized carbons (Fsp3) is 0.261. The fourth-order valence-corrected chi connectivity index (χ4v) is 4.86. The molecule has 10 nitrogen and oxygen atoms in total. The van der Waals surface area contributed by atoms with Crippen molar-refractivity contribution in [3.8, 4) is 0 Å². The van der Waals surface area contributed by atoms with Gasteiger partial charge in [-0.3, -0.25) is 20.4 Å². The first-order chi connectivity index (χ1) is 17.5. The van der Waals surface area contributed by atoms with E-state index in [9.17, 15) is 9.59 Å². The minimum Gasteiger partial charge on any atom is -0.459 e. The van der Waals surface area contributed by atoms with Crippen LogP contribution in [0.15, 0.2) is 57.6 Å². The first-order valence-corrected chi connectivity index (χ1v) is 13.4. The van der Waals surface area contributed by atoms with E-state index < -0.39 is 5.91 Å². The molecule has 4 aromatic rings. The number of anilines is 2. The van der Waals surface area contributed by atoms with Gasteiger partial charge in [-0.2, -0.15) is 0 Å². The quantitative estimate of drug-likeness (QED) is 0.183. The minimum atomic E-state index is -0.528. The van der Waals surface area contributed by atoms with Crippen LogP contribution in [0.5, 0.6) is 0 Å². The molecule has 0 bridgehead atoms. The van der Waals surface area contributed by atoms with Crippen molar-refractivity contribution in [1.82, 2.24) is 30.6 Å². The summed E-state index contributed by atoms with van der Waals surface area (Å²) in [6.07, 6.45) is 3.85. The highest BCUT2D eigenvalue weighted by Crippen LogP contribution is 2.25. The molecule has 0 saturated carbocycles. The van der Waals surface area contributed by atoms with E-state index in [1.165, 1.54) is 35.4 Å². The Morgan fingerprint density at radius 3 is 2.86 bits per heavy atom. The first kappa shape index (κ1) is 25.7. The maximum atomic E-state index is 12.2. The minimum absolute atomic E-state index is 0.0626. The van der Waals surface area contributed by atoms with Crippen LogP contribution < -0.4 is 16.2 Å². The van der Waals surface area contributed by atoms with Gasteiger partial charge >= 0.3 is 5.91 Å². The number of furan rings is 1. The number of amides is 2. The van der Waals surface area contributed by atoms with Crippen LogP contribution in [0.25, 0.3) is 0 Å². The summed E-state index contributed by atoms with van der Waals surface area (Å²) in [6, 6.07) is 10.6. The molecule has 3 heterocycles. The van der Waals surface area contributed by atoms with Crippen molar-refractivity contribution in [2.45, 2.75) is 37.9 Å². The number of aromatic nitrogens is 4. The molecule has 13 heteroatoms. The summed E-state index contributed by atoms with van der Waals surface area (Å²) >= 11 is 8.81. The molecule has 188 valence electrons. The number of nitrogens with one attached hydrogen (secondary N) is 3. The standard InChI is InChI=1S/C23H24ClN7O3S2/c1-2-3-9-31-19(12-17-13-35-22(26-17)25-16-7-4-6-15(24)11-16)27-30-23(31)36-14-20(32)28-29-21(33)18-8-5-10-34-18/h4-8,10-11,13H,2-3,9,12,14H2,1H3,(H,25,26)(H,28,32)(H,29,33). The Bertz CT molecular complexity index is 1310. The van der Waals surface area contributed by atoms with Gasteiger partial charge in [0.2, 0.25) is 5.91 Å². The van der Waals surface area contributed by atoms with Gasteiger partial charge in [-0.1, -0.05) is 42.8 Å². The molecular weight excluding hydrogens is 522 g/mol. The number of rotatable bonds is 11. The zero-order valence-corrected chi connectivity index (χ0v) is 21.8. The third-order valence-corrected chi connectivity index (χ3v) is 6.90. The summed E-state index contributed by atoms with van der Waals surface area (Å²) in [5.74, 6) is 0.0477. The van der Waals surface area contributed by atoms with E-state index in [4.69, 9.17) is 16.0 Å².